The Morgan fingerprint density at radius 3 is 2.67 bits per heavy atom. The molecule has 0 aliphatic heterocycles. The van der Waals surface area contributed by atoms with Crippen LogP contribution in [-0.4, -0.2) is 14.7 Å². The largest absolute Gasteiger partial charge is 0.404 e. The Labute approximate surface area is 118 Å². The molecule has 0 unspecified atom stereocenters. The molecule has 94 valence electrons. The highest BCUT2D eigenvalue weighted by molar-refractivity contribution is 9.10. The zero-order valence-electron chi connectivity index (χ0n) is 8.81. The molecule has 2 aromatic rings. The molecule has 0 N–H and O–H groups in total. The first-order valence-corrected chi connectivity index (χ1v) is 6.37. The van der Waals surface area contributed by atoms with Crippen LogP contribution in [0.3, 0.4) is 0 Å². The van der Waals surface area contributed by atoms with Crippen molar-refractivity contribution >= 4 is 37.7 Å². The summed E-state index contributed by atoms with van der Waals surface area (Å²) in [6, 6.07) is 4.53. The van der Waals surface area contributed by atoms with Crippen LogP contribution in [0, 0.1) is 15.9 Å². The Morgan fingerprint density at radius 2 is 2.11 bits per heavy atom. The van der Waals surface area contributed by atoms with Gasteiger partial charge in [0.1, 0.15) is 10.3 Å². The second kappa shape index (κ2) is 5.15. The molecule has 1 aromatic carbocycles. The van der Waals surface area contributed by atoms with Crippen molar-refractivity contribution in [1.29, 1.82) is 0 Å². The first kappa shape index (κ1) is 13.2. The lowest BCUT2D eigenvalue weighted by molar-refractivity contribution is -0.390. The summed E-state index contributed by atoms with van der Waals surface area (Å²) in [5.74, 6) is -0.595. The van der Waals surface area contributed by atoms with Crippen LogP contribution < -0.4 is 0 Å². The second-order valence-corrected chi connectivity index (χ2v) is 5.21. The van der Waals surface area contributed by atoms with E-state index in [2.05, 4.69) is 37.0 Å². The molecule has 18 heavy (non-hydrogen) atoms. The molecule has 0 fully saturated rings. The first-order valence-electron chi connectivity index (χ1n) is 4.78. The molecule has 0 atom stereocenters. The molecule has 0 saturated carbocycles. The van der Waals surface area contributed by atoms with Gasteiger partial charge in [-0.05, 0) is 54.5 Å². The van der Waals surface area contributed by atoms with E-state index in [1.807, 2.05) is 0 Å². The van der Waals surface area contributed by atoms with Gasteiger partial charge in [0.15, 0.2) is 0 Å². The SMILES string of the molecule is O=[N+]([O-])c1nn(Cc2ccc(F)c(Br)c2)cc1Br. The maximum atomic E-state index is 13.0. The molecule has 5 nitrogen and oxygen atoms in total. The summed E-state index contributed by atoms with van der Waals surface area (Å²) < 4.78 is 15.1. The van der Waals surface area contributed by atoms with Gasteiger partial charge in [-0.2, -0.15) is 4.68 Å². The van der Waals surface area contributed by atoms with Crippen LogP contribution in [0.5, 0.6) is 0 Å². The van der Waals surface area contributed by atoms with Crippen molar-refractivity contribution in [2.75, 3.05) is 0 Å². The summed E-state index contributed by atoms with van der Waals surface area (Å²) in [4.78, 5) is 10.1. The smallest absolute Gasteiger partial charge is 0.358 e. The highest BCUT2D eigenvalue weighted by atomic mass is 79.9. The standard InChI is InChI=1S/C10H6Br2FN3O2/c11-7-3-6(1-2-9(7)13)4-15-5-8(12)10(14-15)16(17)18/h1-3,5H,4H2. The van der Waals surface area contributed by atoms with Crippen molar-refractivity contribution in [2.24, 2.45) is 0 Å². The summed E-state index contributed by atoms with van der Waals surface area (Å²) >= 11 is 6.14. The van der Waals surface area contributed by atoms with E-state index in [1.54, 1.807) is 12.1 Å². The van der Waals surface area contributed by atoms with Crippen molar-refractivity contribution in [3.05, 3.63) is 54.8 Å². The molecule has 0 amide bonds. The third-order valence-corrected chi connectivity index (χ3v) is 3.37. The highest BCUT2D eigenvalue weighted by Crippen LogP contribution is 2.23. The van der Waals surface area contributed by atoms with Gasteiger partial charge in [0, 0.05) is 0 Å². The normalized spacial score (nSPS) is 10.6. The molecule has 0 radical (unpaired) electrons. The average Bonchev–Trinajstić information content (AvgIpc) is 2.65. The third kappa shape index (κ3) is 2.75. The minimum atomic E-state index is -0.568. The number of hydrogen-bond donors (Lipinski definition) is 0. The Morgan fingerprint density at radius 1 is 1.39 bits per heavy atom. The van der Waals surface area contributed by atoms with E-state index < -0.39 is 4.92 Å². The number of nitrogens with zero attached hydrogens (tertiary/aromatic N) is 3. The van der Waals surface area contributed by atoms with Gasteiger partial charge in [-0.15, -0.1) is 0 Å². The van der Waals surface area contributed by atoms with Crippen molar-refractivity contribution < 1.29 is 9.31 Å². The van der Waals surface area contributed by atoms with Crippen molar-refractivity contribution in [2.45, 2.75) is 6.54 Å². The van der Waals surface area contributed by atoms with Crippen molar-refractivity contribution in [3.8, 4) is 0 Å². The van der Waals surface area contributed by atoms with Crippen LogP contribution in [0.2, 0.25) is 0 Å². The topological polar surface area (TPSA) is 61.0 Å². The lowest BCUT2D eigenvalue weighted by Gasteiger charge is -2.00. The first-order chi connectivity index (χ1) is 8.47. The van der Waals surface area contributed by atoms with E-state index in [1.165, 1.54) is 16.9 Å². The van der Waals surface area contributed by atoms with Gasteiger partial charge in [0.25, 0.3) is 0 Å². The molecule has 2 rings (SSSR count). The summed E-state index contributed by atoms with van der Waals surface area (Å²) in [6.45, 7) is 0.325. The van der Waals surface area contributed by atoms with Gasteiger partial charge in [0.2, 0.25) is 0 Å². The van der Waals surface area contributed by atoms with E-state index in [0.717, 1.165) is 5.56 Å². The molecule has 8 heteroatoms. The lowest BCUT2D eigenvalue weighted by Crippen LogP contribution is -2.01. The minimum Gasteiger partial charge on any atom is -0.358 e. The Bertz CT molecular complexity index is 615. The molecule has 0 aliphatic rings. The Balaban J connectivity index is 2.26. The van der Waals surface area contributed by atoms with E-state index >= 15 is 0 Å². The predicted octanol–water partition coefficient (Wildman–Crippen LogP) is 3.50. The maximum Gasteiger partial charge on any atom is 0.404 e. The number of benzene rings is 1. The fourth-order valence-electron chi connectivity index (χ4n) is 1.42. The minimum absolute atomic E-state index is 0.240. The molecule has 0 saturated heterocycles. The van der Waals surface area contributed by atoms with Crippen LogP contribution in [0.15, 0.2) is 33.3 Å². The molecule has 0 bridgehead atoms. The highest BCUT2D eigenvalue weighted by Gasteiger charge is 2.18. The molecule has 0 spiro atoms. The van der Waals surface area contributed by atoms with Crippen LogP contribution in [-0.2, 0) is 6.54 Å². The number of hydrogen-bond acceptors (Lipinski definition) is 3. The number of halogens is 3. The van der Waals surface area contributed by atoms with Crippen molar-refractivity contribution in [3.63, 3.8) is 0 Å². The molecular weight excluding hydrogens is 373 g/mol. The lowest BCUT2D eigenvalue weighted by atomic mass is 10.2. The zero-order chi connectivity index (χ0) is 13.3. The molecular formula is C10H6Br2FN3O2. The molecule has 1 heterocycles. The second-order valence-electron chi connectivity index (χ2n) is 3.50. The summed E-state index contributed by atoms with van der Waals surface area (Å²) in [5, 5.41) is 14.4. The Kier molecular flexibility index (Phi) is 3.76. The fraction of sp³-hybridized carbons (Fsp3) is 0.100. The van der Waals surface area contributed by atoms with Gasteiger partial charge in [-0.1, -0.05) is 6.07 Å². The Hall–Kier alpha value is -1.28. The van der Waals surface area contributed by atoms with Gasteiger partial charge in [-0.25, -0.2) is 4.39 Å². The van der Waals surface area contributed by atoms with Gasteiger partial charge < -0.3 is 10.1 Å². The maximum absolute atomic E-state index is 13.0. The van der Waals surface area contributed by atoms with E-state index in [0.29, 0.717) is 15.5 Å². The number of rotatable bonds is 3. The van der Waals surface area contributed by atoms with Gasteiger partial charge in [-0.3, -0.25) is 0 Å². The fourth-order valence-corrected chi connectivity index (χ4v) is 2.30. The summed E-state index contributed by atoms with van der Waals surface area (Å²) in [6.07, 6.45) is 1.51. The monoisotopic (exact) mass is 377 g/mol. The summed E-state index contributed by atoms with van der Waals surface area (Å²) in [5.41, 5.74) is 0.785. The van der Waals surface area contributed by atoms with Crippen LogP contribution in [0.4, 0.5) is 10.2 Å². The number of aromatic nitrogens is 2. The average molecular weight is 379 g/mol. The van der Waals surface area contributed by atoms with Crippen LogP contribution in [0.25, 0.3) is 0 Å². The van der Waals surface area contributed by atoms with Gasteiger partial charge >= 0.3 is 5.82 Å². The van der Waals surface area contributed by atoms with Crippen molar-refractivity contribution in [1.82, 2.24) is 9.78 Å². The molecule has 0 aliphatic carbocycles. The molecule has 1 aromatic heterocycles. The van der Waals surface area contributed by atoms with E-state index in [9.17, 15) is 14.5 Å². The quantitative estimate of drug-likeness (QED) is 0.606. The predicted molar refractivity (Wildman–Crippen MR) is 69.8 cm³/mol. The van der Waals surface area contributed by atoms with E-state index in [4.69, 9.17) is 0 Å². The summed E-state index contributed by atoms with van der Waals surface area (Å²) in [7, 11) is 0. The number of nitro groups is 1. The van der Waals surface area contributed by atoms with Crippen LogP contribution in [0.1, 0.15) is 5.56 Å². The van der Waals surface area contributed by atoms with E-state index in [-0.39, 0.29) is 11.6 Å². The zero-order valence-corrected chi connectivity index (χ0v) is 12.0. The van der Waals surface area contributed by atoms with Gasteiger partial charge in [0.05, 0.1) is 22.3 Å². The third-order valence-electron chi connectivity index (χ3n) is 2.20. The van der Waals surface area contributed by atoms with Crippen LogP contribution >= 0.6 is 31.9 Å².